The van der Waals surface area contributed by atoms with Crippen LogP contribution in [0.25, 0.3) is 33.6 Å². The molecule has 0 bridgehead atoms. The molecule has 3 aromatic carbocycles. The molecule has 2 aliphatic carbocycles. The molecule has 0 saturated heterocycles. The van der Waals surface area contributed by atoms with Gasteiger partial charge in [-0.25, -0.2) is 0 Å². The summed E-state index contributed by atoms with van der Waals surface area (Å²) in [5.41, 5.74) is 9.78. The van der Waals surface area contributed by atoms with Crippen LogP contribution >= 0.6 is 0 Å². The van der Waals surface area contributed by atoms with Crippen molar-refractivity contribution < 1.29 is 20.1 Å². The molecule has 0 spiro atoms. The number of hydrogen-bond donors (Lipinski definition) is 0. The summed E-state index contributed by atoms with van der Waals surface area (Å²) in [6, 6.07) is 38.2. The maximum Gasteiger partial charge on any atom is 0.0799 e. The Labute approximate surface area is 310 Å². The molecule has 49 heavy (non-hydrogen) atoms. The van der Waals surface area contributed by atoms with Crippen molar-refractivity contribution in [2.45, 2.75) is 96.7 Å². The zero-order valence-electron chi connectivity index (χ0n) is 30.0. The fourth-order valence-electron chi connectivity index (χ4n) is 7.99. The molecule has 2 aromatic heterocycles. The Hall–Kier alpha value is -3.17. The molecule has 0 amide bonds. The maximum absolute atomic E-state index is 4.80. The second-order valence-corrected chi connectivity index (χ2v) is 20.2. The van der Waals surface area contributed by atoms with Gasteiger partial charge < -0.3 is 9.97 Å². The first-order valence-electron chi connectivity index (χ1n) is 18.3. The van der Waals surface area contributed by atoms with Crippen LogP contribution in [0.5, 0.6) is 0 Å². The molecule has 1 radical (unpaired) electrons. The van der Waals surface area contributed by atoms with Crippen molar-refractivity contribution in [2.75, 3.05) is 0 Å². The van der Waals surface area contributed by atoms with Crippen LogP contribution in [0.4, 0.5) is 0 Å². The van der Waals surface area contributed by atoms with E-state index in [1.165, 1.54) is 73.2 Å². The SMILES string of the molecule is CC(c1cc(-c2[c-]cccc2)ncc1[Si](C)(C)C)C1CCCC1.CC(c1cnc(-c2[c-]cccc2)cc1-c1ccccc1)C1CCCC1.[Ir]. The van der Waals surface area contributed by atoms with E-state index in [1.807, 2.05) is 30.3 Å². The molecule has 2 heterocycles. The third-order valence-electron chi connectivity index (χ3n) is 10.9. The molecule has 257 valence electrons. The van der Waals surface area contributed by atoms with Crippen molar-refractivity contribution in [1.82, 2.24) is 9.97 Å². The van der Waals surface area contributed by atoms with Crippen LogP contribution in [0.1, 0.15) is 88.2 Å². The molecular weight excluding hydrogens is 789 g/mol. The normalized spacial score (nSPS) is 16.3. The Bertz CT molecular complexity index is 1740. The Morgan fingerprint density at radius 1 is 0.612 bits per heavy atom. The van der Waals surface area contributed by atoms with Gasteiger partial charge in [0.15, 0.2) is 0 Å². The van der Waals surface area contributed by atoms with Gasteiger partial charge in [0.05, 0.1) is 8.07 Å². The molecule has 2 nitrogen and oxygen atoms in total. The zero-order chi connectivity index (χ0) is 33.5. The Morgan fingerprint density at radius 2 is 1.10 bits per heavy atom. The van der Waals surface area contributed by atoms with Crippen LogP contribution < -0.4 is 5.19 Å². The van der Waals surface area contributed by atoms with Crippen molar-refractivity contribution in [2.24, 2.45) is 11.8 Å². The summed E-state index contributed by atoms with van der Waals surface area (Å²) in [7, 11) is -1.39. The van der Waals surface area contributed by atoms with E-state index >= 15 is 0 Å². The van der Waals surface area contributed by atoms with Crippen LogP contribution in [0.3, 0.4) is 0 Å². The van der Waals surface area contributed by atoms with Gasteiger partial charge in [0.2, 0.25) is 0 Å². The maximum atomic E-state index is 4.80. The zero-order valence-corrected chi connectivity index (χ0v) is 33.4. The predicted octanol–water partition coefficient (Wildman–Crippen LogP) is 11.9. The minimum atomic E-state index is -1.39. The third-order valence-corrected chi connectivity index (χ3v) is 13.0. The molecular formula is C45H52IrN2Si-2. The summed E-state index contributed by atoms with van der Waals surface area (Å²) in [5, 5.41) is 1.54. The van der Waals surface area contributed by atoms with Crippen LogP contribution in [0.2, 0.25) is 19.6 Å². The summed E-state index contributed by atoms with van der Waals surface area (Å²) in [4.78, 5) is 9.58. The average Bonchev–Trinajstić information content (AvgIpc) is 3.88. The quantitative estimate of drug-likeness (QED) is 0.115. The monoisotopic (exact) mass is 841 g/mol. The van der Waals surface area contributed by atoms with Crippen LogP contribution in [0, 0.1) is 24.0 Å². The van der Waals surface area contributed by atoms with Crippen LogP contribution in [0.15, 0.2) is 103 Å². The van der Waals surface area contributed by atoms with Gasteiger partial charge in [-0.3, -0.25) is 0 Å². The molecule has 2 aliphatic rings. The van der Waals surface area contributed by atoms with Crippen molar-refractivity contribution in [3.63, 3.8) is 0 Å². The van der Waals surface area contributed by atoms with E-state index in [0.717, 1.165) is 34.4 Å². The summed E-state index contributed by atoms with van der Waals surface area (Å²) < 4.78 is 0. The number of nitrogens with zero attached hydrogens (tertiary/aromatic N) is 2. The van der Waals surface area contributed by atoms with E-state index < -0.39 is 8.07 Å². The number of hydrogen-bond acceptors (Lipinski definition) is 2. The fourth-order valence-corrected chi connectivity index (χ4v) is 9.61. The number of pyridine rings is 2. The van der Waals surface area contributed by atoms with E-state index in [2.05, 4.69) is 119 Å². The van der Waals surface area contributed by atoms with Gasteiger partial charge in [0, 0.05) is 32.5 Å². The van der Waals surface area contributed by atoms with Gasteiger partial charge in [-0.2, -0.15) is 0 Å². The second kappa shape index (κ2) is 17.2. The molecule has 4 heteroatoms. The van der Waals surface area contributed by atoms with Crippen LogP contribution in [-0.2, 0) is 20.1 Å². The first kappa shape index (κ1) is 37.1. The number of benzene rings is 3. The number of rotatable bonds is 8. The topological polar surface area (TPSA) is 25.8 Å². The predicted molar refractivity (Wildman–Crippen MR) is 206 cm³/mol. The van der Waals surface area contributed by atoms with Gasteiger partial charge in [-0.05, 0) is 82.6 Å². The largest absolute Gasteiger partial charge is 0.305 e. The summed E-state index contributed by atoms with van der Waals surface area (Å²) in [6.07, 6.45) is 15.3. The standard InChI is InChI=1S/C24H24N.C21H28NSi.Ir/c1-18(19-10-8-9-11-19)23-17-25-24(21-14-6-3-7-15-21)16-22(23)20-12-4-2-5-13-20;1-16(17-10-8-9-11-17)19-14-20(18-12-6-5-7-13-18)22-15-21(19)23(2,3)4;/h2-7,12-14,16-19H,8-11H2,1H3;5-7,12,14-17H,8-11H2,1-4H3;/q2*-1;. The fraction of sp³-hybridized carbons (Fsp3) is 0.378. The summed E-state index contributed by atoms with van der Waals surface area (Å²) in [5.74, 6) is 2.84. The molecule has 7 rings (SSSR count). The van der Waals surface area contributed by atoms with Crippen LogP contribution in [-0.4, -0.2) is 18.0 Å². The van der Waals surface area contributed by atoms with Crippen molar-refractivity contribution in [1.29, 1.82) is 0 Å². The molecule has 0 aliphatic heterocycles. The van der Waals surface area contributed by atoms with Gasteiger partial charge in [0.1, 0.15) is 0 Å². The molecule has 2 saturated carbocycles. The average molecular weight is 841 g/mol. The number of aromatic nitrogens is 2. The summed E-state index contributed by atoms with van der Waals surface area (Å²) in [6.45, 7) is 12.1. The van der Waals surface area contributed by atoms with Gasteiger partial charge in [-0.1, -0.05) is 107 Å². The molecule has 2 atom stereocenters. The third kappa shape index (κ3) is 9.14. The van der Waals surface area contributed by atoms with Crippen molar-refractivity contribution in [3.05, 3.63) is 127 Å². The molecule has 2 unspecified atom stereocenters. The Balaban J connectivity index is 0.000000188. The smallest absolute Gasteiger partial charge is 0.0799 e. The first-order chi connectivity index (χ1) is 23.3. The summed E-state index contributed by atoms with van der Waals surface area (Å²) >= 11 is 0. The first-order valence-corrected chi connectivity index (χ1v) is 21.8. The minimum absolute atomic E-state index is 0. The van der Waals surface area contributed by atoms with E-state index in [4.69, 9.17) is 9.97 Å². The van der Waals surface area contributed by atoms with Gasteiger partial charge in [0.25, 0.3) is 0 Å². The van der Waals surface area contributed by atoms with Crippen molar-refractivity contribution in [3.8, 4) is 33.6 Å². The van der Waals surface area contributed by atoms with E-state index in [0.29, 0.717) is 11.8 Å². The van der Waals surface area contributed by atoms with E-state index in [9.17, 15) is 0 Å². The van der Waals surface area contributed by atoms with E-state index in [-0.39, 0.29) is 20.1 Å². The Morgan fingerprint density at radius 3 is 1.61 bits per heavy atom. The van der Waals surface area contributed by atoms with Crippen molar-refractivity contribution >= 4 is 13.3 Å². The molecule has 0 N–H and O–H groups in total. The minimum Gasteiger partial charge on any atom is -0.305 e. The van der Waals surface area contributed by atoms with Gasteiger partial charge in [-0.15, -0.1) is 71.8 Å². The Kier molecular flexibility index (Phi) is 13.0. The molecule has 2 fully saturated rings. The molecule has 5 aromatic rings. The second-order valence-electron chi connectivity index (χ2n) is 15.1. The van der Waals surface area contributed by atoms with E-state index in [1.54, 1.807) is 5.56 Å². The van der Waals surface area contributed by atoms with Gasteiger partial charge >= 0.3 is 0 Å².